The third kappa shape index (κ3) is 18.7. The van der Waals surface area contributed by atoms with Gasteiger partial charge in [0.1, 0.15) is 6.54 Å². The first-order valence-electron chi connectivity index (χ1n) is 9.80. The molecule has 0 aromatic heterocycles. The van der Waals surface area contributed by atoms with E-state index in [0.717, 1.165) is 12.8 Å². The number of hydrogen-bond acceptors (Lipinski definition) is 2. The summed E-state index contributed by atoms with van der Waals surface area (Å²) in [6.07, 6.45) is 21.1. The lowest BCUT2D eigenvalue weighted by molar-refractivity contribution is -0.137. The summed E-state index contributed by atoms with van der Waals surface area (Å²) in [6, 6.07) is 0. The van der Waals surface area contributed by atoms with E-state index in [-0.39, 0.29) is 12.5 Å². The molecule has 0 saturated carbocycles. The summed E-state index contributed by atoms with van der Waals surface area (Å²) in [5.41, 5.74) is 0. The van der Waals surface area contributed by atoms with Gasteiger partial charge in [-0.3, -0.25) is 9.59 Å². The van der Waals surface area contributed by atoms with Gasteiger partial charge in [0.2, 0.25) is 5.91 Å². The number of carbonyl (C=O) groups is 2. The van der Waals surface area contributed by atoms with Gasteiger partial charge in [-0.15, -0.1) is 0 Å². The van der Waals surface area contributed by atoms with Crippen molar-refractivity contribution in [3.05, 3.63) is 12.2 Å². The van der Waals surface area contributed by atoms with Gasteiger partial charge in [-0.1, -0.05) is 70.4 Å². The molecular weight excluding hydrogens is 302 g/mol. The number of amides is 1. The van der Waals surface area contributed by atoms with Crippen molar-refractivity contribution in [1.29, 1.82) is 0 Å². The highest BCUT2D eigenvalue weighted by atomic mass is 16.4. The molecular formula is C20H37NO3. The highest BCUT2D eigenvalue weighted by Gasteiger charge is 2.03. The Morgan fingerprint density at radius 1 is 0.792 bits per heavy atom. The standard InChI is InChI=1S/C20H37NO3/c1-2-3-4-5-6-7-8-9-10-11-12-13-14-15-16-17-19(22)21-18-20(23)24/h6-7H,2-5,8-18H2,1H3,(H,21,22)(H,23,24)/b7-6-. The van der Waals surface area contributed by atoms with Gasteiger partial charge in [0.05, 0.1) is 0 Å². The Bertz CT molecular complexity index is 340. The third-order valence-electron chi connectivity index (χ3n) is 4.10. The second kappa shape index (κ2) is 18.0. The van der Waals surface area contributed by atoms with Crippen LogP contribution in [-0.4, -0.2) is 23.5 Å². The molecule has 0 aliphatic heterocycles. The molecule has 0 aliphatic carbocycles. The van der Waals surface area contributed by atoms with Crippen LogP contribution in [0.3, 0.4) is 0 Å². The summed E-state index contributed by atoms with van der Waals surface area (Å²) in [6.45, 7) is 1.97. The Morgan fingerprint density at radius 2 is 1.29 bits per heavy atom. The van der Waals surface area contributed by atoms with Gasteiger partial charge < -0.3 is 10.4 Å². The second-order valence-corrected chi connectivity index (χ2v) is 6.50. The molecule has 0 saturated heterocycles. The lowest BCUT2D eigenvalue weighted by atomic mass is 10.1. The Labute approximate surface area is 148 Å². The number of nitrogens with one attached hydrogen (secondary N) is 1. The SMILES string of the molecule is CCCCC/C=C\CCCCCCCCCCC(=O)NCC(=O)O. The molecule has 0 aromatic rings. The number of rotatable bonds is 17. The van der Waals surface area contributed by atoms with Crippen LogP contribution in [0, 0.1) is 0 Å². The van der Waals surface area contributed by atoms with Crippen molar-refractivity contribution in [1.82, 2.24) is 5.32 Å². The van der Waals surface area contributed by atoms with E-state index in [1.807, 2.05) is 0 Å². The largest absolute Gasteiger partial charge is 0.480 e. The lowest BCUT2D eigenvalue weighted by Gasteiger charge is -2.03. The van der Waals surface area contributed by atoms with Gasteiger partial charge in [0, 0.05) is 6.42 Å². The smallest absolute Gasteiger partial charge is 0.322 e. The van der Waals surface area contributed by atoms with E-state index >= 15 is 0 Å². The zero-order valence-corrected chi connectivity index (χ0v) is 15.5. The molecule has 4 nitrogen and oxygen atoms in total. The monoisotopic (exact) mass is 339 g/mol. The van der Waals surface area contributed by atoms with Crippen LogP contribution in [0.2, 0.25) is 0 Å². The highest BCUT2D eigenvalue weighted by Crippen LogP contribution is 2.11. The van der Waals surface area contributed by atoms with Crippen molar-refractivity contribution >= 4 is 11.9 Å². The molecule has 140 valence electrons. The fraction of sp³-hybridized carbons (Fsp3) is 0.800. The van der Waals surface area contributed by atoms with E-state index in [9.17, 15) is 9.59 Å². The molecule has 0 aliphatic rings. The molecule has 0 radical (unpaired) electrons. The van der Waals surface area contributed by atoms with Crippen molar-refractivity contribution in [2.45, 2.75) is 96.8 Å². The molecule has 0 atom stereocenters. The van der Waals surface area contributed by atoms with Crippen LogP contribution in [-0.2, 0) is 9.59 Å². The fourth-order valence-corrected chi connectivity index (χ4v) is 2.62. The van der Waals surface area contributed by atoms with Gasteiger partial charge in [-0.05, 0) is 32.1 Å². The van der Waals surface area contributed by atoms with E-state index in [1.165, 1.54) is 70.6 Å². The van der Waals surface area contributed by atoms with Crippen LogP contribution in [0.1, 0.15) is 96.8 Å². The van der Waals surface area contributed by atoms with Crippen molar-refractivity contribution in [2.75, 3.05) is 6.54 Å². The molecule has 2 N–H and O–H groups in total. The number of carbonyl (C=O) groups excluding carboxylic acids is 1. The van der Waals surface area contributed by atoms with Crippen LogP contribution in [0.15, 0.2) is 12.2 Å². The van der Waals surface area contributed by atoms with Crippen molar-refractivity contribution < 1.29 is 14.7 Å². The minimum absolute atomic E-state index is 0.153. The second-order valence-electron chi connectivity index (χ2n) is 6.50. The maximum Gasteiger partial charge on any atom is 0.322 e. The molecule has 0 unspecified atom stereocenters. The minimum atomic E-state index is -0.990. The van der Waals surface area contributed by atoms with E-state index in [1.54, 1.807) is 0 Å². The zero-order chi connectivity index (χ0) is 17.9. The number of carboxylic acid groups (broad SMARTS) is 1. The molecule has 0 bridgehead atoms. The van der Waals surface area contributed by atoms with Crippen molar-refractivity contribution in [2.24, 2.45) is 0 Å². The van der Waals surface area contributed by atoms with E-state index in [2.05, 4.69) is 24.4 Å². The summed E-state index contributed by atoms with van der Waals surface area (Å²) >= 11 is 0. The zero-order valence-electron chi connectivity index (χ0n) is 15.5. The average molecular weight is 340 g/mol. The number of allylic oxidation sites excluding steroid dienone is 2. The minimum Gasteiger partial charge on any atom is -0.480 e. The summed E-state index contributed by atoms with van der Waals surface area (Å²) in [5.74, 6) is -1.14. The van der Waals surface area contributed by atoms with E-state index in [4.69, 9.17) is 5.11 Å². The van der Waals surface area contributed by atoms with Crippen molar-refractivity contribution in [3.8, 4) is 0 Å². The summed E-state index contributed by atoms with van der Waals surface area (Å²) < 4.78 is 0. The highest BCUT2D eigenvalue weighted by molar-refractivity contribution is 5.80. The maximum atomic E-state index is 11.3. The van der Waals surface area contributed by atoms with E-state index < -0.39 is 5.97 Å². The normalized spacial score (nSPS) is 11.0. The first-order valence-corrected chi connectivity index (χ1v) is 9.80. The topological polar surface area (TPSA) is 66.4 Å². The Kier molecular flexibility index (Phi) is 17.0. The Balaban J connectivity index is 3.17. The van der Waals surface area contributed by atoms with Crippen LogP contribution >= 0.6 is 0 Å². The first-order chi connectivity index (χ1) is 11.7. The number of hydrogen-bond donors (Lipinski definition) is 2. The van der Waals surface area contributed by atoms with Gasteiger partial charge in [-0.2, -0.15) is 0 Å². The molecule has 0 rings (SSSR count). The molecule has 0 aromatic carbocycles. The predicted octanol–water partition coefficient (Wildman–Crippen LogP) is 5.22. The Hall–Kier alpha value is -1.32. The molecule has 0 fully saturated rings. The molecule has 0 spiro atoms. The molecule has 4 heteroatoms. The number of carboxylic acids is 1. The predicted molar refractivity (Wildman–Crippen MR) is 100 cm³/mol. The summed E-state index contributed by atoms with van der Waals surface area (Å²) in [4.78, 5) is 21.6. The van der Waals surface area contributed by atoms with Crippen molar-refractivity contribution in [3.63, 3.8) is 0 Å². The molecule has 24 heavy (non-hydrogen) atoms. The van der Waals surface area contributed by atoms with Crippen LogP contribution < -0.4 is 5.32 Å². The van der Waals surface area contributed by atoms with Crippen LogP contribution in [0.25, 0.3) is 0 Å². The summed E-state index contributed by atoms with van der Waals surface area (Å²) in [5, 5.41) is 10.8. The van der Waals surface area contributed by atoms with Crippen LogP contribution in [0.5, 0.6) is 0 Å². The van der Waals surface area contributed by atoms with Gasteiger partial charge in [0.15, 0.2) is 0 Å². The van der Waals surface area contributed by atoms with Gasteiger partial charge >= 0.3 is 5.97 Å². The van der Waals surface area contributed by atoms with Gasteiger partial charge in [0.25, 0.3) is 0 Å². The molecule has 1 amide bonds. The quantitative estimate of drug-likeness (QED) is 0.282. The lowest BCUT2D eigenvalue weighted by Crippen LogP contribution is -2.28. The first kappa shape index (κ1) is 22.7. The number of aliphatic carboxylic acids is 1. The number of unbranched alkanes of at least 4 members (excludes halogenated alkanes) is 11. The van der Waals surface area contributed by atoms with Crippen LogP contribution in [0.4, 0.5) is 0 Å². The Morgan fingerprint density at radius 3 is 1.83 bits per heavy atom. The average Bonchev–Trinajstić information content (AvgIpc) is 2.56. The van der Waals surface area contributed by atoms with Gasteiger partial charge in [-0.25, -0.2) is 0 Å². The fourth-order valence-electron chi connectivity index (χ4n) is 2.62. The maximum absolute atomic E-state index is 11.3. The third-order valence-corrected chi connectivity index (χ3v) is 4.10. The summed E-state index contributed by atoms with van der Waals surface area (Å²) in [7, 11) is 0. The molecule has 0 heterocycles. The van der Waals surface area contributed by atoms with E-state index in [0.29, 0.717) is 6.42 Å².